The van der Waals surface area contributed by atoms with Crippen molar-refractivity contribution in [3.63, 3.8) is 0 Å². The summed E-state index contributed by atoms with van der Waals surface area (Å²) in [6.07, 6.45) is -4.84. The molecule has 394 valence electrons. The van der Waals surface area contributed by atoms with Gasteiger partial charge in [0.25, 0.3) is 5.91 Å². The number of benzene rings is 3. The van der Waals surface area contributed by atoms with Gasteiger partial charge >= 0.3 is 0 Å². The van der Waals surface area contributed by atoms with Crippen LogP contribution in [0.5, 0.6) is 5.75 Å². The van der Waals surface area contributed by atoms with Gasteiger partial charge in [-0.1, -0.05) is 41.9 Å². The number of nitrogens with one attached hydrogen (secondary N) is 5. The van der Waals surface area contributed by atoms with Crippen LogP contribution >= 0.6 is 11.6 Å². The lowest BCUT2D eigenvalue weighted by Gasteiger charge is -2.44. The number of fused-ring (bicyclic) bond motifs is 1. The van der Waals surface area contributed by atoms with Gasteiger partial charge in [0, 0.05) is 42.1 Å². The molecule has 7 amide bonds. The number of rotatable bonds is 26. The van der Waals surface area contributed by atoms with Crippen LogP contribution in [0.2, 0.25) is 5.02 Å². The Balaban J connectivity index is 1.07. The second-order valence-corrected chi connectivity index (χ2v) is 17.9. The summed E-state index contributed by atoms with van der Waals surface area (Å²) >= 11 is 6.01. The zero-order chi connectivity index (χ0) is 53.4. The number of nitrogens with two attached hydrogens (primary N) is 2. The number of hydrogen-bond donors (Lipinski definition) is 9. The van der Waals surface area contributed by atoms with E-state index in [0.29, 0.717) is 45.6 Å². The van der Waals surface area contributed by atoms with Crippen molar-refractivity contribution in [3.8, 4) is 5.75 Å². The van der Waals surface area contributed by atoms with E-state index >= 15 is 0 Å². The van der Waals surface area contributed by atoms with Crippen molar-refractivity contribution < 1.29 is 67.5 Å². The van der Waals surface area contributed by atoms with Crippen LogP contribution in [0.4, 0.5) is 0 Å². The summed E-state index contributed by atoms with van der Waals surface area (Å²) in [5.74, 6) is -4.76. The fraction of sp³-hybridized carbons (Fsp3) is 0.440. The molecule has 22 nitrogen and oxygen atoms in total. The SMILES string of the molecule is COc1ccc2c(c1)c(CC(=O)NCCCC[C@H](NC(=O)CC[C@@H](NC(=O)[C@H](C)NC(=O)[C@@H](C)O[C@H]1[C@H](O)[C@@H](CO)O[C@H](OCc3ccccc3)[C@@H]1NC(C)=O)C(N)=O)C(N)=O)cn2C(=O)c1ccc(Cl)cc1. The van der Waals surface area contributed by atoms with Gasteiger partial charge in [0.1, 0.15) is 54.3 Å². The summed E-state index contributed by atoms with van der Waals surface area (Å²) in [6.45, 7) is 3.49. The van der Waals surface area contributed by atoms with Crippen LogP contribution in [0.25, 0.3) is 10.9 Å². The average Bonchev–Trinajstić information content (AvgIpc) is 3.71. The third-order valence-electron chi connectivity index (χ3n) is 12.0. The van der Waals surface area contributed by atoms with Crippen LogP contribution in [-0.2, 0) is 60.8 Å². The minimum atomic E-state index is -1.53. The number of primary amides is 2. The number of nitrogens with zero attached hydrogens (tertiary/aromatic N) is 1. The largest absolute Gasteiger partial charge is 0.497 e. The molecule has 4 aromatic rings. The van der Waals surface area contributed by atoms with Crippen molar-refractivity contribution in [1.29, 1.82) is 0 Å². The van der Waals surface area contributed by atoms with Gasteiger partial charge in [0.15, 0.2) is 6.29 Å². The molecule has 9 atom stereocenters. The van der Waals surface area contributed by atoms with Gasteiger partial charge in [-0.3, -0.25) is 42.9 Å². The highest BCUT2D eigenvalue weighted by Crippen LogP contribution is 2.29. The van der Waals surface area contributed by atoms with Gasteiger partial charge in [-0.2, -0.15) is 0 Å². The third-order valence-corrected chi connectivity index (χ3v) is 12.2. The number of carbonyl (C=O) groups excluding carboxylic acids is 8. The van der Waals surface area contributed by atoms with Crippen molar-refractivity contribution in [2.75, 3.05) is 20.3 Å². The summed E-state index contributed by atoms with van der Waals surface area (Å²) in [4.78, 5) is 103. The lowest BCUT2D eigenvalue weighted by atomic mass is 9.96. The standard InChI is InChI=1S/C50H63ClN8O14/c1-27(55-48(68)28(2)72-44-42(56-29(3)61)50(73-39(25-60)43(44)64)71-26-30-10-6-5-7-11-30)47(67)58-37(46(53)66)18-20-40(62)57-36(45(52)65)12-8-9-21-54-41(63)22-32-24-59(38-19-17-34(70-4)23-35(32)38)49(69)31-13-15-33(51)16-14-31/h5-7,10-11,13-17,19,23-24,27-28,36-37,39,42-44,50,60,64H,8-9,12,18,20-22,25-26H2,1-4H3,(H2,52,65)(H2,53,66)(H,54,63)(H,55,68)(H,56,61)(H,57,62)(H,58,67)/t27-,28+,36-,37+,39+,42+,43+,44+,50-/m0/s1. The highest BCUT2D eigenvalue weighted by Gasteiger charge is 2.48. The number of ether oxygens (including phenoxy) is 4. The molecule has 73 heavy (non-hydrogen) atoms. The first-order valence-corrected chi connectivity index (χ1v) is 23.9. The Labute approximate surface area is 426 Å². The number of aliphatic hydroxyl groups excluding tert-OH is 2. The lowest BCUT2D eigenvalue weighted by Crippen LogP contribution is -2.66. The Bertz CT molecular complexity index is 2580. The number of unbranched alkanes of at least 4 members (excludes halogenated alkanes) is 1. The number of halogens is 1. The Morgan fingerprint density at radius 2 is 1.53 bits per heavy atom. The van der Waals surface area contributed by atoms with E-state index in [1.807, 2.05) is 6.07 Å². The van der Waals surface area contributed by atoms with Crippen LogP contribution in [0.15, 0.2) is 79.0 Å². The first-order chi connectivity index (χ1) is 34.8. The second kappa shape index (κ2) is 27.2. The second-order valence-electron chi connectivity index (χ2n) is 17.5. The van der Waals surface area contributed by atoms with Crippen LogP contribution < -0.4 is 42.8 Å². The highest BCUT2D eigenvalue weighted by molar-refractivity contribution is 6.30. The molecule has 11 N–H and O–H groups in total. The first kappa shape index (κ1) is 57.0. The van der Waals surface area contributed by atoms with Gasteiger partial charge in [-0.25, -0.2) is 0 Å². The average molecular weight is 1040 g/mol. The Morgan fingerprint density at radius 3 is 2.18 bits per heavy atom. The van der Waals surface area contributed by atoms with Crippen molar-refractivity contribution >= 4 is 69.8 Å². The van der Waals surface area contributed by atoms with Crippen LogP contribution in [0.1, 0.15) is 74.4 Å². The number of hydrogen-bond acceptors (Lipinski definition) is 14. The molecule has 1 aliphatic heterocycles. The topological polar surface area (TPSA) is 331 Å². The van der Waals surface area contributed by atoms with Crippen LogP contribution in [0, 0.1) is 0 Å². The van der Waals surface area contributed by atoms with Crippen molar-refractivity contribution in [3.05, 3.63) is 101 Å². The third kappa shape index (κ3) is 16.3. The predicted octanol–water partition coefficient (Wildman–Crippen LogP) is 0.619. The minimum absolute atomic E-state index is 0.0369. The normalized spacial score (nSPS) is 19.1. The zero-order valence-electron chi connectivity index (χ0n) is 40.8. The molecule has 1 aromatic heterocycles. The number of aliphatic hydroxyl groups is 2. The van der Waals surface area contributed by atoms with Crippen molar-refractivity contribution in [2.24, 2.45) is 11.5 Å². The predicted molar refractivity (Wildman–Crippen MR) is 264 cm³/mol. The van der Waals surface area contributed by atoms with E-state index in [1.54, 1.807) is 72.9 Å². The lowest BCUT2D eigenvalue weighted by molar-refractivity contribution is -0.283. The maximum atomic E-state index is 13.4. The van der Waals surface area contributed by atoms with Crippen molar-refractivity contribution in [2.45, 2.75) is 121 Å². The van der Waals surface area contributed by atoms with E-state index in [-0.39, 0.29) is 50.6 Å². The fourth-order valence-electron chi connectivity index (χ4n) is 8.00. The molecule has 1 fully saturated rings. The number of amides is 7. The molecule has 0 saturated carbocycles. The fourth-order valence-corrected chi connectivity index (χ4v) is 8.12. The first-order valence-electron chi connectivity index (χ1n) is 23.6. The molecule has 5 rings (SSSR count). The molecule has 23 heteroatoms. The molecule has 1 saturated heterocycles. The highest BCUT2D eigenvalue weighted by atomic mass is 35.5. The van der Waals surface area contributed by atoms with E-state index in [1.165, 1.54) is 32.4 Å². The summed E-state index contributed by atoms with van der Waals surface area (Å²) in [6, 6.07) is 15.8. The van der Waals surface area contributed by atoms with Gasteiger partial charge in [-0.15, -0.1) is 0 Å². The van der Waals surface area contributed by atoms with Gasteiger partial charge in [-0.05, 0) is 93.1 Å². The summed E-state index contributed by atoms with van der Waals surface area (Å²) in [5, 5.41) is 35.1. The molecule has 0 radical (unpaired) electrons. The zero-order valence-corrected chi connectivity index (χ0v) is 41.6. The Morgan fingerprint density at radius 1 is 0.849 bits per heavy atom. The Kier molecular flexibility index (Phi) is 21.2. The maximum absolute atomic E-state index is 13.4. The number of carbonyl (C=O) groups is 8. The molecule has 2 heterocycles. The molecule has 0 unspecified atom stereocenters. The molecule has 0 bridgehead atoms. The summed E-state index contributed by atoms with van der Waals surface area (Å²) in [5.41, 5.74) is 13.5. The Hall–Kier alpha value is -6.95. The monoisotopic (exact) mass is 1030 g/mol. The van der Waals surface area contributed by atoms with Crippen LogP contribution in [0.3, 0.4) is 0 Å². The smallest absolute Gasteiger partial charge is 0.262 e. The van der Waals surface area contributed by atoms with E-state index in [4.69, 9.17) is 42.0 Å². The quantitative estimate of drug-likeness (QED) is 0.0390. The van der Waals surface area contributed by atoms with Gasteiger partial charge < -0.3 is 67.2 Å². The number of methoxy groups -OCH3 is 1. The summed E-state index contributed by atoms with van der Waals surface area (Å²) in [7, 11) is 1.51. The van der Waals surface area contributed by atoms with Crippen molar-refractivity contribution in [1.82, 2.24) is 31.2 Å². The maximum Gasteiger partial charge on any atom is 0.262 e. The molecule has 0 aliphatic carbocycles. The molecule has 3 aromatic carbocycles. The van der Waals surface area contributed by atoms with Gasteiger partial charge in [0.05, 0.1) is 32.3 Å². The van der Waals surface area contributed by atoms with E-state index in [0.717, 1.165) is 5.56 Å². The molecule has 1 aliphatic rings. The number of aromatic nitrogens is 1. The minimum Gasteiger partial charge on any atom is -0.497 e. The van der Waals surface area contributed by atoms with Crippen LogP contribution in [-0.4, -0.2) is 137 Å². The molecular weight excluding hydrogens is 972 g/mol. The summed E-state index contributed by atoms with van der Waals surface area (Å²) < 4.78 is 24.5. The molecule has 0 spiro atoms. The van der Waals surface area contributed by atoms with E-state index < -0.39 is 96.9 Å². The van der Waals surface area contributed by atoms with Gasteiger partial charge in [0.2, 0.25) is 41.4 Å². The van der Waals surface area contributed by atoms with E-state index in [9.17, 15) is 48.6 Å². The van der Waals surface area contributed by atoms with E-state index in [2.05, 4.69) is 26.6 Å². The molecular formula is C50H63ClN8O14.